The van der Waals surface area contributed by atoms with E-state index >= 15 is 0 Å². The Balaban J connectivity index is 2.25. The molecule has 7 heteroatoms. The zero-order chi connectivity index (χ0) is 15.6. The molecule has 0 unspecified atom stereocenters. The van der Waals surface area contributed by atoms with Crippen molar-refractivity contribution in [2.45, 2.75) is 39.8 Å². The van der Waals surface area contributed by atoms with E-state index in [-0.39, 0.29) is 11.2 Å². The maximum absolute atomic E-state index is 10.8. The summed E-state index contributed by atoms with van der Waals surface area (Å²) in [4.78, 5) is 14.7. The summed E-state index contributed by atoms with van der Waals surface area (Å²) < 4.78 is 5.18. The number of nitrogens with zero attached hydrogens (tertiary/aromatic N) is 3. The number of nitro groups is 1. The smallest absolute Gasteiger partial charge is 0.270 e. The van der Waals surface area contributed by atoms with Crippen molar-refractivity contribution >= 4 is 5.69 Å². The van der Waals surface area contributed by atoms with Crippen LogP contribution in [0.1, 0.15) is 32.2 Å². The highest BCUT2D eigenvalue weighted by Gasteiger charge is 2.16. The van der Waals surface area contributed by atoms with Gasteiger partial charge in [0.1, 0.15) is 0 Å². The topological polar surface area (TPSA) is 94.1 Å². The van der Waals surface area contributed by atoms with Gasteiger partial charge in [0.05, 0.1) is 11.5 Å². The van der Waals surface area contributed by atoms with E-state index in [1.807, 2.05) is 27.7 Å². The molecule has 7 nitrogen and oxygen atoms in total. The molecule has 0 aliphatic carbocycles. The monoisotopic (exact) mass is 290 g/mol. The fraction of sp³-hybridized carbons (Fsp3) is 0.429. The number of hydrogen-bond donors (Lipinski definition) is 1. The lowest BCUT2D eigenvalue weighted by Crippen LogP contribution is -2.35. The maximum atomic E-state index is 10.8. The largest absolute Gasteiger partial charge is 0.338 e. The van der Waals surface area contributed by atoms with Gasteiger partial charge in [-0.05, 0) is 33.3 Å². The van der Waals surface area contributed by atoms with E-state index in [2.05, 4.69) is 15.5 Å². The minimum absolute atomic E-state index is 0.00904. The SMILES string of the molecule is Cc1ccc([N+](=O)[O-])cc1-c1noc(CNC(C)(C)C)n1. The van der Waals surface area contributed by atoms with Crippen LogP contribution >= 0.6 is 0 Å². The standard InChI is InChI=1S/C14H18N4O3/c1-9-5-6-10(18(19)20)7-11(9)13-16-12(21-17-13)8-15-14(2,3)4/h5-7,15H,8H2,1-4H3. The van der Waals surface area contributed by atoms with Crippen molar-refractivity contribution in [1.82, 2.24) is 15.5 Å². The number of benzene rings is 1. The van der Waals surface area contributed by atoms with Gasteiger partial charge in [-0.3, -0.25) is 10.1 Å². The second-order valence-corrected chi connectivity index (χ2v) is 5.87. The number of nitrogens with one attached hydrogen (secondary N) is 1. The summed E-state index contributed by atoms with van der Waals surface area (Å²) in [6.07, 6.45) is 0. The Hall–Kier alpha value is -2.28. The van der Waals surface area contributed by atoms with E-state index < -0.39 is 4.92 Å². The molecular weight excluding hydrogens is 272 g/mol. The molecule has 0 fully saturated rings. The van der Waals surface area contributed by atoms with Gasteiger partial charge in [0, 0.05) is 23.2 Å². The van der Waals surface area contributed by atoms with Crippen molar-refractivity contribution in [3.63, 3.8) is 0 Å². The Morgan fingerprint density at radius 3 is 2.71 bits per heavy atom. The highest BCUT2D eigenvalue weighted by molar-refractivity contribution is 5.63. The molecule has 0 saturated carbocycles. The van der Waals surface area contributed by atoms with Gasteiger partial charge < -0.3 is 9.84 Å². The fourth-order valence-corrected chi connectivity index (χ4v) is 1.74. The fourth-order valence-electron chi connectivity index (χ4n) is 1.74. The predicted molar refractivity (Wildman–Crippen MR) is 77.7 cm³/mol. The third kappa shape index (κ3) is 3.85. The first-order chi connectivity index (χ1) is 9.76. The maximum Gasteiger partial charge on any atom is 0.270 e. The molecule has 1 N–H and O–H groups in total. The molecule has 0 aliphatic heterocycles. The van der Waals surface area contributed by atoms with Gasteiger partial charge in [-0.15, -0.1) is 0 Å². The van der Waals surface area contributed by atoms with E-state index in [0.717, 1.165) is 5.56 Å². The van der Waals surface area contributed by atoms with Crippen LogP contribution in [0.2, 0.25) is 0 Å². The Kier molecular flexibility index (Phi) is 4.04. The highest BCUT2D eigenvalue weighted by atomic mass is 16.6. The number of hydrogen-bond acceptors (Lipinski definition) is 6. The summed E-state index contributed by atoms with van der Waals surface area (Å²) in [5.74, 6) is 0.813. The molecule has 0 saturated heterocycles. The van der Waals surface area contributed by atoms with Crippen LogP contribution in [0.4, 0.5) is 5.69 Å². The average Bonchev–Trinajstić information content (AvgIpc) is 2.84. The van der Waals surface area contributed by atoms with Gasteiger partial charge in [0.25, 0.3) is 5.69 Å². The highest BCUT2D eigenvalue weighted by Crippen LogP contribution is 2.25. The summed E-state index contributed by atoms with van der Waals surface area (Å²) in [6.45, 7) is 8.41. The molecule has 112 valence electrons. The van der Waals surface area contributed by atoms with Crippen LogP contribution in [0.25, 0.3) is 11.4 Å². The van der Waals surface area contributed by atoms with Crippen LogP contribution in [-0.2, 0) is 6.54 Å². The van der Waals surface area contributed by atoms with Gasteiger partial charge in [-0.1, -0.05) is 11.2 Å². The second-order valence-electron chi connectivity index (χ2n) is 5.87. The lowest BCUT2D eigenvalue weighted by molar-refractivity contribution is -0.384. The van der Waals surface area contributed by atoms with E-state index in [4.69, 9.17) is 4.52 Å². The minimum atomic E-state index is -0.439. The molecule has 2 rings (SSSR count). The van der Waals surface area contributed by atoms with Crippen molar-refractivity contribution in [1.29, 1.82) is 0 Å². The van der Waals surface area contributed by atoms with Gasteiger partial charge >= 0.3 is 0 Å². The van der Waals surface area contributed by atoms with Gasteiger partial charge in [0.15, 0.2) is 0 Å². The molecule has 0 atom stereocenters. The summed E-state index contributed by atoms with van der Waals surface area (Å²) in [7, 11) is 0. The first-order valence-corrected chi connectivity index (χ1v) is 6.59. The molecule has 0 bridgehead atoms. The zero-order valence-corrected chi connectivity index (χ0v) is 12.5. The molecule has 0 amide bonds. The predicted octanol–water partition coefficient (Wildman–Crippen LogP) is 2.84. The first-order valence-electron chi connectivity index (χ1n) is 6.59. The molecule has 1 heterocycles. The van der Waals surface area contributed by atoms with Crippen molar-refractivity contribution in [3.05, 3.63) is 39.8 Å². The zero-order valence-electron chi connectivity index (χ0n) is 12.5. The number of non-ortho nitro benzene ring substituents is 1. The molecule has 0 aliphatic rings. The summed E-state index contributed by atoms with van der Waals surface area (Å²) in [6, 6.07) is 4.60. The van der Waals surface area contributed by atoms with Crippen LogP contribution in [0.5, 0.6) is 0 Å². The lowest BCUT2D eigenvalue weighted by atomic mass is 10.1. The Bertz CT molecular complexity index is 658. The second kappa shape index (κ2) is 5.61. The van der Waals surface area contributed by atoms with Crippen molar-refractivity contribution < 1.29 is 9.45 Å². The quantitative estimate of drug-likeness (QED) is 0.687. The molecule has 2 aromatic rings. The minimum Gasteiger partial charge on any atom is -0.338 e. The number of aryl methyl sites for hydroxylation is 1. The molecule has 1 aromatic heterocycles. The molecule has 0 radical (unpaired) electrons. The van der Waals surface area contributed by atoms with Crippen molar-refractivity contribution in [2.24, 2.45) is 0 Å². The average molecular weight is 290 g/mol. The normalized spacial score (nSPS) is 11.6. The number of nitro benzene ring substituents is 1. The third-order valence-electron chi connectivity index (χ3n) is 2.91. The van der Waals surface area contributed by atoms with Crippen molar-refractivity contribution in [3.8, 4) is 11.4 Å². The van der Waals surface area contributed by atoms with E-state index in [0.29, 0.717) is 23.8 Å². The Morgan fingerprint density at radius 2 is 2.10 bits per heavy atom. The summed E-state index contributed by atoms with van der Waals surface area (Å²) in [5, 5.41) is 18.0. The molecule has 21 heavy (non-hydrogen) atoms. The van der Waals surface area contributed by atoms with Crippen LogP contribution < -0.4 is 5.32 Å². The van der Waals surface area contributed by atoms with Crippen LogP contribution in [0.3, 0.4) is 0 Å². The summed E-state index contributed by atoms with van der Waals surface area (Å²) >= 11 is 0. The van der Waals surface area contributed by atoms with E-state index in [1.54, 1.807) is 6.07 Å². The lowest BCUT2D eigenvalue weighted by Gasteiger charge is -2.18. The summed E-state index contributed by atoms with van der Waals surface area (Å²) in [5.41, 5.74) is 1.41. The third-order valence-corrected chi connectivity index (χ3v) is 2.91. The molecule has 0 spiro atoms. The van der Waals surface area contributed by atoms with Crippen LogP contribution in [0, 0.1) is 17.0 Å². The van der Waals surface area contributed by atoms with Crippen LogP contribution in [-0.4, -0.2) is 20.6 Å². The first kappa shape index (κ1) is 15.1. The molecular formula is C14H18N4O3. The number of rotatable bonds is 4. The van der Waals surface area contributed by atoms with E-state index in [9.17, 15) is 10.1 Å². The number of aromatic nitrogens is 2. The molecule has 1 aromatic carbocycles. The van der Waals surface area contributed by atoms with Gasteiger partial charge in [-0.25, -0.2) is 0 Å². The van der Waals surface area contributed by atoms with Crippen molar-refractivity contribution in [2.75, 3.05) is 0 Å². The van der Waals surface area contributed by atoms with Gasteiger partial charge in [-0.2, -0.15) is 4.98 Å². The Labute approximate surface area is 122 Å². The van der Waals surface area contributed by atoms with Gasteiger partial charge in [0.2, 0.25) is 11.7 Å². The Morgan fingerprint density at radius 1 is 1.38 bits per heavy atom. The van der Waals surface area contributed by atoms with E-state index in [1.165, 1.54) is 12.1 Å². The van der Waals surface area contributed by atoms with Crippen LogP contribution in [0.15, 0.2) is 22.7 Å².